The number of para-hydroxylation sites is 1. The molecule has 0 spiro atoms. The summed E-state index contributed by atoms with van der Waals surface area (Å²) >= 11 is 0. The molecule has 1 amide bonds. The minimum absolute atomic E-state index is 0.106. The molecule has 0 saturated heterocycles. The molecule has 2 aromatic rings. The second-order valence-corrected chi connectivity index (χ2v) is 6.30. The van der Waals surface area contributed by atoms with E-state index in [0.717, 1.165) is 24.0 Å². The largest absolute Gasteiger partial charge is 0.355 e. The molecule has 1 fully saturated rings. The van der Waals surface area contributed by atoms with E-state index in [2.05, 4.69) is 10.2 Å². The van der Waals surface area contributed by atoms with Crippen LogP contribution in [0, 0.1) is 10.1 Å². The van der Waals surface area contributed by atoms with E-state index in [0.29, 0.717) is 24.7 Å². The van der Waals surface area contributed by atoms with Crippen LogP contribution >= 0.6 is 0 Å². The van der Waals surface area contributed by atoms with Crippen LogP contribution in [0.1, 0.15) is 34.3 Å². The molecule has 3 rings (SSSR count). The molecule has 0 heterocycles. The number of hydrogen-bond donors (Lipinski definition) is 1. The molecule has 1 aliphatic carbocycles. The molecular formula is C19H21N3O3. The van der Waals surface area contributed by atoms with Crippen LogP contribution in [0.25, 0.3) is 0 Å². The maximum Gasteiger partial charge on any atom is 0.273 e. The first-order valence-corrected chi connectivity index (χ1v) is 8.36. The molecular weight excluding hydrogens is 318 g/mol. The SMILES string of the molecule is CNC(=O)c1ccc(CN(Cc2ccccc2[N+](=O)[O-])C2CC2)cc1. The molecule has 0 bridgehead atoms. The highest BCUT2D eigenvalue weighted by Crippen LogP contribution is 2.31. The summed E-state index contributed by atoms with van der Waals surface area (Å²) in [5.74, 6) is -0.106. The van der Waals surface area contributed by atoms with E-state index in [4.69, 9.17) is 0 Å². The van der Waals surface area contributed by atoms with E-state index < -0.39 is 0 Å². The van der Waals surface area contributed by atoms with Crippen molar-refractivity contribution in [1.29, 1.82) is 0 Å². The van der Waals surface area contributed by atoms with Gasteiger partial charge in [0, 0.05) is 43.4 Å². The molecule has 0 unspecified atom stereocenters. The number of carbonyl (C=O) groups is 1. The van der Waals surface area contributed by atoms with E-state index in [-0.39, 0.29) is 16.5 Å². The lowest BCUT2D eigenvalue weighted by Crippen LogP contribution is -2.25. The first-order valence-electron chi connectivity index (χ1n) is 8.36. The smallest absolute Gasteiger partial charge is 0.273 e. The average molecular weight is 339 g/mol. The van der Waals surface area contributed by atoms with Crippen LogP contribution in [0.15, 0.2) is 48.5 Å². The fourth-order valence-electron chi connectivity index (χ4n) is 2.94. The highest BCUT2D eigenvalue weighted by Gasteiger charge is 2.30. The van der Waals surface area contributed by atoms with Crippen LogP contribution in [0.2, 0.25) is 0 Å². The Labute approximate surface area is 146 Å². The van der Waals surface area contributed by atoms with Gasteiger partial charge in [-0.2, -0.15) is 0 Å². The Morgan fingerprint density at radius 3 is 2.44 bits per heavy atom. The summed E-state index contributed by atoms with van der Waals surface area (Å²) in [5, 5.41) is 13.8. The second kappa shape index (κ2) is 7.44. The van der Waals surface area contributed by atoms with Gasteiger partial charge in [-0.3, -0.25) is 19.8 Å². The minimum atomic E-state index is -0.321. The molecule has 0 aliphatic heterocycles. The van der Waals surface area contributed by atoms with Crippen LogP contribution < -0.4 is 5.32 Å². The zero-order valence-electron chi connectivity index (χ0n) is 14.1. The summed E-state index contributed by atoms with van der Waals surface area (Å²) in [6.45, 7) is 1.27. The summed E-state index contributed by atoms with van der Waals surface area (Å²) in [5.41, 5.74) is 2.63. The van der Waals surface area contributed by atoms with Crippen LogP contribution in [-0.4, -0.2) is 28.8 Å². The van der Waals surface area contributed by atoms with Crippen LogP contribution in [0.3, 0.4) is 0 Å². The molecule has 0 aromatic heterocycles. The van der Waals surface area contributed by atoms with Crippen LogP contribution in [0.4, 0.5) is 5.69 Å². The number of nitrogens with one attached hydrogen (secondary N) is 1. The Balaban J connectivity index is 1.74. The fourth-order valence-corrected chi connectivity index (χ4v) is 2.94. The average Bonchev–Trinajstić information content (AvgIpc) is 3.46. The predicted octanol–water partition coefficient (Wildman–Crippen LogP) is 3.12. The maximum atomic E-state index is 11.6. The van der Waals surface area contributed by atoms with Gasteiger partial charge in [0.15, 0.2) is 0 Å². The summed E-state index contributed by atoms with van der Waals surface area (Å²) in [6, 6.07) is 14.9. The highest BCUT2D eigenvalue weighted by molar-refractivity contribution is 5.93. The van der Waals surface area contributed by atoms with Crippen molar-refractivity contribution in [3.63, 3.8) is 0 Å². The van der Waals surface area contributed by atoms with Gasteiger partial charge in [0.25, 0.3) is 11.6 Å². The normalized spacial score (nSPS) is 13.7. The molecule has 25 heavy (non-hydrogen) atoms. The van der Waals surface area contributed by atoms with E-state index in [1.807, 2.05) is 36.4 Å². The van der Waals surface area contributed by atoms with Crippen molar-refractivity contribution in [2.75, 3.05) is 7.05 Å². The minimum Gasteiger partial charge on any atom is -0.355 e. The van der Waals surface area contributed by atoms with Crippen LogP contribution in [-0.2, 0) is 13.1 Å². The number of hydrogen-bond acceptors (Lipinski definition) is 4. The first kappa shape index (κ1) is 17.1. The van der Waals surface area contributed by atoms with E-state index >= 15 is 0 Å². The van der Waals surface area contributed by atoms with Gasteiger partial charge in [0.2, 0.25) is 0 Å². The van der Waals surface area contributed by atoms with E-state index in [9.17, 15) is 14.9 Å². The number of amides is 1. The van der Waals surface area contributed by atoms with Gasteiger partial charge in [0.1, 0.15) is 0 Å². The summed E-state index contributed by atoms with van der Waals surface area (Å²) in [7, 11) is 1.61. The van der Waals surface area contributed by atoms with E-state index in [1.165, 1.54) is 0 Å². The third-order valence-corrected chi connectivity index (χ3v) is 4.45. The van der Waals surface area contributed by atoms with E-state index in [1.54, 1.807) is 19.2 Å². The topological polar surface area (TPSA) is 75.5 Å². The Bertz CT molecular complexity index is 770. The maximum absolute atomic E-state index is 11.6. The van der Waals surface area contributed by atoms with Crippen molar-refractivity contribution in [3.8, 4) is 0 Å². The number of nitro benzene ring substituents is 1. The predicted molar refractivity (Wildman–Crippen MR) is 95.2 cm³/mol. The zero-order valence-corrected chi connectivity index (χ0v) is 14.1. The standard InChI is InChI=1S/C19H21N3O3/c1-20-19(23)15-8-6-14(7-9-15)12-21(17-10-11-17)13-16-4-2-3-5-18(16)22(24)25/h2-9,17H,10-13H2,1H3,(H,20,23). The van der Waals surface area contributed by atoms with Gasteiger partial charge in [-0.05, 0) is 30.5 Å². The summed E-state index contributed by atoms with van der Waals surface area (Å²) in [6.07, 6.45) is 2.24. The summed E-state index contributed by atoms with van der Waals surface area (Å²) in [4.78, 5) is 24.8. The van der Waals surface area contributed by atoms with Gasteiger partial charge in [-0.15, -0.1) is 0 Å². The second-order valence-electron chi connectivity index (χ2n) is 6.30. The summed E-state index contributed by atoms with van der Waals surface area (Å²) < 4.78 is 0. The molecule has 0 atom stereocenters. The van der Waals surface area contributed by atoms with Crippen molar-refractivity contribution < 1.29 is 9.72 Å². The van der Waals surface area contributed by atoms with Crippen molar-refractivity contribution in [2.24, 2.45) is 0 Å². The molecule has 2 aromatic carbocycles. The molecule has 1 aliphatic rings. The lowest BCUT2D eigenvalue weighted by atomic mass is 10.1. The van der Waals surface area contributed by atoms with Crippen molar-refractivity contribution in [2.45, 2.75) is 32.0 Å². The fraction of sp³-hybridized carbons (Fsp3) is 0.316. The zero-order chi connectivity index (χ0) is 17.8. The monoisotopic (exact) mass is 339 g/mol. The van der Waals surface area contributed by atoms with Crippen molar-refractivity contribution >= 4 is 11.6 Å². The van der Waals surface area contributed by atoms with Crippen LogP contribution in [0.5, 0.6) is 0 Å². The van der Waals surface area contributed by atoms with Gasteiger partial charge in [0.05, 0.1) is 4.92 Å². The Morgan fingerprint density at radius 1 is 1.16 bits per heavy atom. The Morgan fingerprint density at radius 2 is 1.84 bits per heavy atom. The number of nitrogens with zero attached hydrogens (tertiary/aromatic N) is 2. The number of rotatable bonds is 7. The van der Waals surface area contributed by atoms with Crippen molar-refractivity contribution in [3.05, 3.63) is 75.3 Å². The first-order chi connectivity index (χ1) is 12.1. The molecule has 1 N–H and O–H groups in total. The lowest BCUT2D eigenvalue weighted by Gasteiger charge is -2.22. The van der Waals surface area contributed by atoms with Gasteiger partial charge in [-0.1, -0.05) is 30.3 Å². The molecule has 6 heteroatoms. The van der Waals surface area contributed by atoms with Gasteiger partial charge < -0.3 is 5.32 Å². The molecule has 0 radical (unpaired) electrons. The Kier molecular flexibility index (Phi) is 5.09. The van der Waals surface area contributed by atoms with Gasteiger partial charge >= 0.3 is 0 Å². The Hall–Kier alpha value is -2.73. The molecule has 130 valence electrons. The molecule has 6 nitrogen and oxygen atoms in total. The molecule has 1 saturated carbocycles. The number of benzene rings is 2. The highest BCUT2D eigenvalue weighted by atomic mass is 16.6. The van der Waals surface area contributed by atoms with Crippen molar-refractivity contribution in [1.82, 2.24) is 10.2 Å². The lowest BCUT2D eigenvalue weighted by molar-refractivity contribution is -0.385. The van der Waals surface area contributed by atoms with Gasteiger partial charge in [-0.25, -0.2) is 0 Å². The quantitative estimate of drug-likeness (QED) is 0.621. The third kappa shape index (κ3) is 4.22. The number of carbonyl (C=O) groups excluding carboxylic acids is 1. The number of nitro groups is 1. The third-order valence-electron chi connectivity index (χ3n) is 4.45.